The lowest BCUT2D eigenvalue weighted by Crippen LogP contribution is -2.39. The fourth-order valence-corrected chi connectivity index (χ4v) is 0.653. The van der Waals surface area contributed by atoms with Gasteiger partial charge in [0.05, 0.1) is 0 Å². The van der Waals surface area contributed by atoms with Crippen LogP contribution in [0.3, 0.4) is 0 Å². The summed E-state index contributed by atoms with van der Waals surface area (Å²) in [5.41, 5.74) is -0.815. The van der Waals surface area contributed by atoms with Gasteiger partial charge in [-0.15, -0.1) is 0 Å². The van der Waals surface area contributed by atoms with E-state index in [1.54, 1.807) is 0 Å². The van der Waals surface area contributed by atoms with Crippen LogP contribution in [0.2, 0.25) is 0 Å². The molecule has 0 saturated heterocycles. The number of carbonyl (C=O) groups excluding carboxylic acids is 1. The zero-order valence-corrected chi connectivity index (χ0v) is 5.83. The summed E-state index contributed by atoms with van der Waals surface area (Å²) in [7, 11) is 0. The minimum absolute atomic E-state index is 0.815. The minimum atomic E-state index is -4.01. The number of carbonyl (C=O) groups is 1. The molecule has 0 unspecified atom stereocenters. The SMILES string of the molecule is O=C([O-])C(F)(F)c1ccccn1. The number of pyridine rings is 1. The lowest BCUT2D eigenvalue weighted by atomic mass is 10.2. The molecule has 1 aromatic rings. The van der Waals surface area contributed by atoms with Gasteiger partial charge in [-0.1, -0.05) is 6.07 Å². The molecular weight excluding hydrogens is 168 g/mol. The highest BCUT2D eigenvalue weighted by atomic mass is 19.3. The van der Waals surface area contributed by atoms with Crippen molar-refractivity contribution in [2.24, 2.45) is 0 Å². The number of alkyl halides is 2. The molecule has 1 rings (SSSR count). The van der Waals surface area contributed by atoms with Crippen LogP contribution in [0.1, 0.15) is 5.69 Å². The van der Waals surface area contributed by atoms with Crippen LogP contribution >= 0.6 is 0 Å². The molecule has 1 aromatic heterocycles. The molecule has 0 aliphatic heterocycles. The van der Waals surface area contributed by atoms with E-state index in [4.69, 9.17) is 0 Å². The van der Waals surface area contributed by atoms with Gasteiger partial charge < -0.3 is 9.90 Å². The Morgan fingerprint density at radius 1 is 1.50 bits per heavy atom. The van der Waals surface area contributed by atoms with Gasteiger partial charge >= 0.3 is 5.92 Å². The average Bonchev–Trinajstić information content (AvgIpc) is 2.06. The van der Waals surface area contributed by atoms with Gasteiger partial charge in [-0.05, 0) is 12.1 Å². The maximum absolute atomic E-state index is 12.6. The van der Waals surface area contributed by atoms with E-state index in [1.807, 2.05) is 0 Å². The molecule has 0 fully saturated rings. The summed E-state index contributed by atoms with van der Waals surface area (Å²) in [5, 5.41) is 9.92. The van der Waals surface area contributed by atoms with Crippen molar-refractivity contribution >= 4 is 5.97 Å². The third kappa shape index (κ3) is 1.39. The predicted octanol–water partition coefficient (Wildman–Crippen LogP) is -0.0767. The Morgan fingerprint density at radius 3 is 2.58 bits per heavy atom. The predicted molar refractivity (Wildman–Crippen MR) is 33.1 cm³/mol. The van der Waals surface area contributed by atoms with E-state index < -0.39 is 17.6 Å². The van der Waals surface area contributed by atoms with Gasteiger partial charge in [-0.2, -0.15) is 8.78 Å². The van der Waals surface area contributed by atoms with E-state index in [-0.39, 0.29) is 0 Å². The summed E-state index contributed by atoms with van der Waals surface area (Å²) in [6, 6.07) is 3.61. The van der Waals surface area contributed by atoms with E-state index in [1.165, 1.54) is 12.1 Å². The molecule has 0 bridgehead atoms. The van der Waals surface area contributed by atoms with E-state index in [0.717, 1.165) is 12.3 Å². The van der Waals surface area contributed by atoms with Crippen LogP contribution in [0, 0.1) is 0 Å². The molecular formula is C7H4F2NO2-. The Kier molecular flexibility index (Phi) is 2.03. The normalized spacial score (nSPS) is 11.2. The minimum Gasteiger partial charge on any atom is -0.544 e. The molecule has 1 heterocycles. The maximum atomic E-state index is 12.6. The van der Waals surface area contributed by atoms with Crippen molar-refractivity contribution in [1.29, 1.82) is 0 Å². The molecule has 0 aliphatic carbocycles. The molecule has 0 atom stereocenters. The summed E-state index contributed by atoms with van der Waals surface area (Å²) in [6.45, 7) is 0. The second-order valence-corrected chi connectivity index (χ2v) is 2.08. The number of aliphatic carboxylic acids is 1. The number of hydrogen-bond donors (Lipinski definition) is 0. The standard InChI is InChI=1S/C7H5F2NO2/c8-7(9,6(11)12)5-3-1-2-4-10-5/h1-4H,(H,11,12)/p-1. The smallest absolute Gasteiger partial charge is 0.328 e. The quantitative estimate of drug-likeness (QED) is 0.627. The van der Waals surface area contributed by atoms with Gasteiger partial charge in [0.1, 0.15) is 11.7 Å². The van der Waals surface area contributed by atoms with Gasteiger partial charge in [-0.3, -0.25) is 4.98 Å². The van der Waals surface area contributed by atoms with Crippen molar-refractivity contribution in [2.75, 3.05) is 0 Å². The Balaban J connectivity index is 3.06. The largest absolute Gasteiger partial charge is 0.544 e. The van der Waals surface area contributed by atoms with Crippen LogP contribution in [0.5, 0.6) is 0 Å². The van der Waals surface area contributed by atoms with Crippen LogP contribution in [0.25, 0.3) is 0 Å². The fourth-order valence-electron chi connectivity index (χ4n) is 0.653. The summed E-state index contributed by atoms with van der Waals surface area (Å²) in [5.74, 6) is -6.46. The molecule has 0 saturated carbocycles. The second-order valence-electron chi connectivity index (χ2n) is 2.08. The topological polar surface area (TPSA) is 53.0 Å². The lowest BCUT2D eigenvalue weighted by molar-refractivity contribution is -0.331. The van der Waals surface area contributed by atoms with Crippen LogP contribution in [-0.4, -0.2) is 11.0 Å². The van der Waals surface area contributed by atoms with Gasteiger partial charge in [-0.25, -0.2) is 0 Å². The molecule has 0 radical (unpaired) electrons. The monoisotopic (exact) mass is 172 g/mol. The molecule has 3 nitrogen and oxygen atoms in total. The molecule has 64 valence electrons. The third-order valence-corrected chi connectivity index (χ3v) is 1.24. The highest BCUT2D eigenvalue weighted by Crippen LogP contribution is 2.24. The summed E-state index contributed by atoms with van der Waals surface area (Å²) in [6.07, 6.45) is 1.09. The average molecular weight is 172 g/mol. The van der Waals surface area contributed by atoms with Gasteiger partial charge in [0.2, 0.25) is 0 Å². The van der Waals surface area contributed by atoms with Gasteiger partial charge in [0, 0.05) is 6.20 Å². The first-order chi connectivity index (χ1) is 5.55. The molecule has 0 amide bonds. The molecule has 12 heavy (non-hydrogen) atoms. The van der Waals surface area contributed by atoms with Crippen molar-refractivity contribution in [3.8, 4) is 0 Å². The van der Waals surface area contributed by atoms with Gasteiger partial charge in [0.15, 0.2) is 0 Å². The molecule has 0 spiro atoms. The van der Waals surface area contributed by atoms with E-state index in [2.05, 4.69) is 4.98 Å². The number of rotatable bonds is 2. The fraction of sp³-hybridized carbons (Fsp3) is 0.143. The molecule has 0 aromatic carbocycles. The maximum Gasteiger partial charge on any atom is 0.328 e. The van der Waals surface area contributed by atoms with E-state index in [9.17, 15) is 18.7 Å². The van der Waals surface area contributed by atoms with Crippen molar-refractivity contribution in [1.82, 2.24) is 4.98 Å². The van der Waals surface area contributed by atoms with E-state index >= 15 is 0 Å². The Hall–Kier alpha value is -1.52. The lowest BCUT2D eigenvalue weighted by Gasteiger charge is -2.15. The van der Waals surface area contributed by atoms with Crippen molar-refractivity contribution < 1.29 is 18.7 Å². The van der Waals surface area contributed by atoms with Crippen LogP contribution in [0.4, 0.5) is 8.78 Å². The Morgan fingerprint density at radius 2 is 2.17 bits per heavy atom. The van der Waals surface area contributed by atoms with Crippen molar-refractivity contribution in [3.05, 3.63) is 30.1 Å². The molecule has 0 aliphatic rings. The Labute approximate surface area is 66.7 Å². The summed E-state index contributed by atoms with van der Waals surface area (Å²) >= 11 is 0. The van der Waals surface area contributed by atoms with Crippen LogP contribution < -0.4 is 5.11 Å². The number of carboxylic acids is 1. The zero-order valence-electron chi connectivity index (χ0n) is 5.83. The highest BCUT2D eigenvalue weighted by molar-refractivity contribution is 5.74. The third-order valence-electron chi connectivity index (χ3n) is 1.24. The van der Waals surface area contributed by atoms with Gasteiger partial charge in [0.25, 0.3) is 0 Å². The summed E-state index contributed by atoms with van der Waals surface area (Å²) in [4.78, 5) is 13.1. The zero-order chi connectivity index (χ0) is 9.19. The van der Waals surface area contributed by atoms with Crippen molar-refractivity contribution in [2.45, 2.75) is 5.92 Å². The number of hydrogen-bond acceptors (Lipinski definition) is 3. The number of nitrogens with zero attached hydrogens (tertiary/aromatic N) is 1. The first-order valence-corrected chi connectivity index (χ1v) is 3.06. The first-order valence-electron chi connectivity index (χ1n) is 3.06. The van der Waals surface area contributed by atoms with E-state index in [0.29, 0.717) is 0 Å². The highest BCUT2D eigenvalue weighted by Gasteiger charge is 2.34. The summed E-state index contributed by atoms with van der Waals surface area (Å²) < 4.78 is 25.1. The number of carboxylic acid groups (broad SMARTS) is 1. The second kappa shape index (κ2) is 2.84. The molecule has 5 heteroatoms. The van der Waals surface area contributed by atoms with Crippen LogP contribution in [-0.2, 0) is 10.7 Å². The first kappa shape index (κ1) is 8.58. The molecule has 0 N–H and O–H groups in total. The van der Waals surface area contributed by atoms with Crippen molar-refractivity contribution in [3.63, 3.8) is 0 Å². The Bertz CT molecular complexity index is 287. The van der Waals surface area contributed by atoms with Crippen LogP contribution in [0.15, 0.2) is 24.4 Å². The number of halogens is 2. The number of aromatic nitrogens is 1.